The molecule has 0 saturated heterocycles. The van der Waals surface area contributed by atoms with Crippen molar-refractivity contribution >= 4 is 28.6 Å². The lowest BCUT2D eigenvalue weighted by atomic mass is 10.1. The van der Waals surface area contributed by atoms with Crippen LogP contribution >= 0.6 is 22.9 Å². The summed E-state index contributed by atoms with van der Waals surface area (Å²) in [6.07, 6.45) is 0. The van der Waals surface area contributed by atoms with E-state index in [-0.39, 0.29) is 5.82 Å². The Balaban J connectivity index is 1.70. The summed E-state index contributed by atoms with van der Waals surface area (Å²) in [5.41, 5.74) is 3.16. The zero-order valence-electron chi connectivity index (χ0n) is 11.1. The van der Waals surface area contributed by atoms with E-state index in [1.165, 1.54) is 28.1 Å². The molecular weight excluding hydrogens is 305 g/mol. The van der Waals surface area contributed by atoms with Gasteiger partial charge in [-0.1, -0.05) is 41.9 Å². The summed E-state index contributed by atoms with van der Waals surface area (Å²) >= 11 is 7.69. The highest BCUT2D eigenvalue weighted by molar-refractivity contribution is 7.10. The Bertz CT molecular complexity index is 740. The summed E-state index contributed by atoms with van der Waals surface area (Å²) in [6, 6.07) is 16.8. The minimum atomic E-state index is -0.326. The van der Waals surface area contributed by atoms with E-state index in [9.17, 15) is 4.39 Å². The Labute approximate surface area is 132 Å². The molecule has 0 bridgehead atoms. The van der Waals surface area contributed by atoms with E-state index < -0.39 is 0 Å². The van der Waals surface area contributed by atoms with Crippen LogP contribution in [0.1, 0.15) is 4.88 Å². The molecule has 3 aromatic rings. The Morgan fingerprint density at radius 1 is 1.00 bits per heavy atom. The Morgan fingerprint density at radius 3 is 2.57 bits per heavy atom. The molecule has 3 rings (SSSR count). The maximum absolute atomic E-state index is 13.0. The molecule has 1 nitrogen and oxygen atoms in total. The highest BCUT2D eigenvalue weighted by atomic mass is 35.5. The first kappa shape index (κ1) is 14.1. The number of anilines is 1. The fraction of sp³-hybridized carbons (Fsp3) is 0.0588. The molecule has 0 aliphatic carbocycles. The van der Waals surface area contributed by atoms with Crippen molar-refractivity contribution in [2.75, 3.05) is 5.32 Å². The van der Waals surface area contributed by atoms with E-state index in [0.717, 1.165) is 5.69 Å². The second-order valence-electron chi connectivity index (χ2n) is 4.65. The van der Waals surface area contributed by atoms with Gasteiger partial charge in [-0.15, -0.1) is 11.3 Å². The number of benzene rings is 2. The molecule has 21 heavy (non-hydrogen) atoms. The number of rotatable bonds is 4. The quantitative estimate of drug-likeness (QED) is 0.639. The smallest absolute Gasteiger partial charge is 0.124 e. The van der Waals surface area contributed by atoms with E-state index in [1.807, 2.05) is 18.2 Å². The molecule has 0 amide bonds. The molecule has 1 N–H and O–H groups in total. The zero-order chi connectivity index (χ0) is 14.7. The summed E-state index contributed by atoms with van der Waals surface area (Å²) in [4.78, 5) is 1.20. The number of hydrogen-bond acceptors (Lipinski definition) is 2. The van der Waals surface area contributed by atoms with Crippen LogP contribution in [-0.2, 0) is 6.54 Å². The molecule has 0 aliphatic heterocycles. The van der Waals surface area contributed by atoms with E-state index in [1.54, 1.807) is 17.4 Å². The fourth-order valence-corrected chi connectivity index (χ4v) is 3.14. The molecule has 0 saturated carbocycles. The van der Waals surface area contributed by atoms with E-state index in [4.69, 9.17) is 11.6 Å². The molecule has 1 aromatic heterocycles. The van der Waals surface area contributed by atoms with Crippen molar-refractivity contribution in [2.24, 2.45) is 0 Å². The number of nitrogens with one attached hydrogen (secondary N) is 1. The molecule has 1 heterocycles. The normalized spacial score (nSPS) is 10.6. The summed E-state index contributed by atoms with van der Waals surface area (Å²) < 4.78 is 13.0. The molecule has 0 unspecified atom stereocenters. The molecule has 2 aromatic carbocycles. The van der Waals surface area contributed by atoms with Crippen LogP contribution in [0.2, 0.25) is 5.02 Å². The van der Waals surface area contributed by atoms with Gasteiger partial charge >= 0.3 is 0 Å². The van der Waals surface area contributed by atoms with Crippen molar-refractivity contribution in [1.82, 2.24) is 0 Å². The maximum atomic E-state index is 13.0. The first-order chi connectivity index (χ1) is 10.2. The lowest BCUT2D eigenvalue weighted by Crippen LogP contribution is -1.98. The molecule has 0 aliphatic rings. The predicted molar refractivity (Wildman–Crippen MR) is 88.5 cm³/mol. The van der Waals surface area contributed by atoms with Crippen LogP contribution in [0.3, 0.4) is 0 Å². The van der Waals surface area contributed by atoms with Gasteiger partial charge in [-0.3, -0.25) is 0 Å². The molecule has 4 heteroatoms. The maximum Gasteiger partial charge on any atom is 0.124 e. The van der Waals surface area contributed by atoms with Crippen molar-refractivity contribution in [3.05, 3.63) is 75.7 Å². The van der Waals surface area contributed by atoms with Crippen LogP contribution in [0.4, 0.5) is 10.1 Å². The molecule has 106 valence electrons. The van der Waals surface area contributed by atoms with Gasteiger partial charge in [0, 0.05) is 11.4 Å². The van der Waals surface area contributed by atoms with Gasteiger partial charge in [0.05, 0.1) is 10.7 Å². The summed E-state index contributed by atoms with van der Waals surface area (Å²) in [7, 11) is 0. The molecule has 0 atom stereocenters. The van der Waals surface area contributed by atoms with Crippen molar-refractivity contribution in [2.45, 2.75) is 6.54 Å². The van der Waals surface area contributed by atoms with Crippen LogP contribution in [0.5, 0.6) is 0 Å². The average Bonchev–Trinajstić information content (AvgIpc) is 2.96. The van der Waals surface area contributed by atoms with Gasteiger partial charge in [-0.05, 0) is 40.8 Å². The van der Waals surface area contributed by atoms with Crippen LogP contribution in [0, 0.1) is 5.82 Å². The Morgan fingerprint density at radius 2 is 1.81 bits per heavy atom. The van der Waals surface area contributed by atoms with Crippen LogP contribution in [0.15, 0.2) is 60.0 Å². The van der Waals surface area contributed by atoms with Crippen molar-refractivity contribution in [3.63, 3.8) is 0 Å². The monoisotopic (exact) mass is 317 g/mol. The topological polar surface area (TPSA) is 12.0 Å². The molecule has 0 radical (unpaired) electrons. The zero-order valence-corrected chi connectivity index (χ0v) is 12.7. The van der Waals surface area contributed by atoms with Gasteiger partial charge in [0.15, 0.2) is 0 Å². The summed E-state index contributed by atoms with van der Waals surface area (Å²) in [5.74, 6) is -0.326. The van der Waals surface area contributed by atoms with Gasteiger partial charge < -0.3 is 5.32 Å². The Kier molecular flexibility index (Phi) is 4.23. The largest absolute Gasteiger partial charge is 0.379 e. The minimum Gasteiger partial charge on any atom is -0.379 e. The van der Waals surface area contributed by atoms with Crippen molar-refractivity contribution in [1.29, 1.82) is 0 Å². The molecule has 0 spiro atoms. The average molecular weight is 318 g/mol. The highest BCUT2D eigenvalue weighted by Gasteiger charge is 2.04. The summed E-state index contributed by atoms with van der Waals surface area (Å²) in [5, 5.41) is 5.77. The Hall–Kier alpha value is -1.84. The SMILES string of the molecule is Fc1ccc(NCc2cc(-c3ccccc3)cs2)c(Cl)c1. The fourth-order valence-electron chi connectivity index (χ4n) is 2.07. The van der Waals surface area contributed by atoms with E-state index in [0.29, 0.717) is 11.6 Å². The number of thiophene rings is 1. The summed E-state index contributed by atoms with van der Waals surface area (Å²) in [6.45, 7) is 0.669. The van der Waals surface area contributed by atoms with Gasteiger partial charge in [0.1, 0.15) is 5.82 Å². The first-order valence-electron chi connectivity index (χ1n) is 6.54. The van der Waals surface area contributed by atoms with Gasteiger partial charge in [-0.2, -0.15) is 0 Å². The third-order valence-corrected chi connectivity index (χ3v) is 4.39. The lowest BCUT2D eigenvalue weighted by Gasteiger charge is -2.06. The minimum absolute atomic E-state index is 0.326. The van der Waals surface area contributed by atoms with Crippen LogP contribution < -0.4 is 5.32 Å². The van der Waals surface area contributed by atoms with Crippen LogP contribution in [0.25, 0.3) is 11.1 Å². The van der Waals surface area contributed by atoms with E-state index >= 15 is 0 Å². The first-order valence-corrected chi connectivity index (χ1v) is 7.80. The highest BCUT2D eigenvalue weighted by Crippen LogP contribution is 2.27. The number of halogens is 2. The van der Waals surface area contributed by atoms with Crippen LogP contribution in [-0.4, -0.2) is 0 Å². The van der Waals surface area contributed by atoms with Gasteiger partial charge in [-0.25, -0.2) is 4.39 Å². The standard InChI is InChI=1S/C17H13ClFNS/c18-16-9-14(19)6-7-17(16)20-10-15-8-13(11-21-15)12-4-2-1-3-5-12/h1-9,11,20H,10H2. The van der Waals surface area contributed by atoms with E-state index in [2.05, 4.69) is 28.9 Å². The van der Waals surface area contributed by atoms with Crippen molar-refractivity contribution in [3.8, 4) is 11.1 Å². The lowest BCUT2D eigenvalue weighted by molar-refractivity contribution is 0.628. The second-order valence-corrected chi connectivity index (χ2v) is 6.05. The molecule has 0 fully saturated rings. The van der Waals surface area contributed by atoms with Gasteiger partial charge in [0.2, 0.25) is 0 Å². The molecular formula is C17H13ClFNS. The number of hydrogen-bond donors (Lipinski definition) is 1. The third kappa shape index (κ3) is 3.43. The predicted octanol–water partition coefficient (Wildman–Crippen LogP) is 5.82. The van der Waals surface area contributed by atoms with Crippen molar-refractivity contribution < 1.29 is 4.39 Å². The third-order valence-electron chi connectivity index (χ3n) is 3.15. The van der Waals surface area contributed by atoms with Gasteiger partial charge in [0.25, 0.3) is 0 Å². The second kappa shape index (κ2) is 6.29.